The molecule has 0 spiro atoms. The Morgan fingerprint density at radius 2 is 2.27 bits per heavy atom. The van der Waals surface area contributed by atoms with E-state index in [2.05, 4.69) is 31.4 Å². The SMILES string of the molecule is CCCC(C)NC(=O)C1CNCC(C)C1. The highest BCUT2D eigenvalue weighted by Crippen LogP contribution is 2.16. The van der Waals surface area contributed by atoms with Crippen molar-refractivity contribution in [1.82, 2.24) is 10.6 Å². The number of amides is 1. The molecule has 1 fully saturated rings. The van der Waals surface area contributed by atoms with Gasteiger partial charge in [-0.2, -0.15) is 0 Å². The highest BCUT2D eigenvalue weighted by atomic mass is 16.1. The molecule has 3 nitrogen and oxygen atoms in total. The summed E-state index contributed by atoms with van der Waals surface area (Å²) in [4.78, 5) is 11.9. The summed E-state index contributed by atoms with van der Waals surface area (Å²) in [5, 5.41) is 6.40. The lowest BCUT2D eigenvalue weighted by Gasteiger charge is -2.28. The molecule has 88 valence electrons. The molecule has 1 aliphatic rings. The van der Waals surface area contributed by atoms with Crippen LogP contribution in [0.15, 0.2) is 0 Å². The van der Waals surface area contributed by atoms with Crippen molar-refractivity contribution < 1.29 is 4.79 Å². The van der Waals surface area contributed by atoms with Crippen LogP contribution in [0.25, 0.3) is 0 Å². The van der Waals surface area contributed by atoms with Gasteiger partial charge in [-0.1, -0.05) is 20.3 Å². The van der Waals surface area contributed by atoms with Gasteiger partial charge in [-0.3, -0.25) is 4.79 Å². The topological polar surface area (TPSA) is 41.1 Å². The monoisotopic (exact) mass is 212 g/mol. The average Bonchev–Trinajstić information content (AvgIpc) is 2.18. The molecule has 2 N–H and O–H groups in total. The number of carbonyl (C=O) groups excluding carboxylic acids is 1. The van der Waals surface area contributed by atoms with Gasteiger partial charge < -0.3 is 10.6 Å². The molecule has 1 heterocycles. The molecule has 1 amide bonds. The van der Waals surface area contributed by atoms with Gasteiger partial charge in [0.05, 0.1) is 5.92 Å². The van der Waals surface area contributed by atoms with Crippen molar-refractivity contribution in [3.8, 4) is 0 Å². The van der Waals surface area contributed by atoms with Crippen molar-refractivity contribution in [3.63, 3.8) is 0 Å². The number of piperidine rings is 1. The van der Waals surface area contributed by atoms with E-state index in [0.717, 1.165) is 32.4 Å². The molecule has 0 saturated carbocycles. The van der Waals surface area contributed by atoms with Crippen LogP contribution in [0.2, 0.25) is 0 Å². The summed E-state index contributed by atoms with van der Waals surface area (Å²) in [5.74, 6) is 1.03. The van der Waals surface area contributed by atoms with E-state index in [-0.39, 0.29) is 11.8 Å². The van der Waals surface area contributed by atoms with Crippen molar-refractivity contribution >= 4 is 5.91 Å². The van der Waals surface area contributed by atoms with Crippen molar-refractivity contribution in [2.24, 2.45) is 11.8 Å². The second-order valence-corrected chi connectivity index (χ2v) is 4.89. The summed E-state index contributed by atoms with van der Waals surface area (Å²) in [6.45, 7) is 8.32. The van der Waals surface area contributed by atoms with Crippen LogP contribution >= 0.6 is 0 Å². The van der Waals surface area contributed by atoms with Gasteiger partial charge >= 0.3 is 0 Å². The van der Waals surface area contributed by atoms with E-state index in [1.54, 1.807) is 0 Å². The van der Waals surface area contributed by atoms with E-state index in [1.165, 1.54) is 0 Å². The predicted octanol–water partition coefficient (Wildman–Crippen LogP) is 1.54. The van der Waals surface area contributed by atoms with Crippen LogP contribution in [0.4, 0.5) is 0 Å². The molecule has 1 saturated heterocycles. The first-order chi connectivity index (χ1) is 7.13. The normalized spacial score (nSPS) is 28.5. The molecule has 1 aliphatic heterocycles. The van der Waals surface area contributed by atoms with E-state index < -0.39 is 0 Å². The quantitative estimate of drug-likeness (QED) is 0.742. The summed E-state index contributed by atoms with van der Waals surface area (Å²) in [6.07, 6.45) is 3.22. The van der Waals surface area contributed by atoms with Crippen LogP contribution in [0.5, 0.6) is 0 Å². The molecule has 0 aliphatic carbocycles. The van der Waals surface area contributed by atoms with Crippen LogP contribution in [0.3, 0.4) is 0 Å². The van der Waals surface area contributed by atoms with Crippen LogP contribution < -0.4 is 10.6 Å². The van der Waals surface area contributed by atoms with E-state index in [4.69, 9.17) is 0 Å². The van der Waals surface area contributed by atoms with Gasteiger partial charge in [-0.25, -0.2) is 0 Å². The second kappa shape index (κ2) is 6.11. The lowest BCUT2D eigenvalue weighted by molar-refractivity contribution is -0.126. The Morgan fingerprint density at radius 1 is 1.53 bits per heavy atom. The lowest BCUT2D eigenvalue weighted by atomic mass is 9.91. The van der Waals surface area contributed by atoms with Crippen molar-refractivity contribution in [1.29, 1.82) is 0 Å². The second-order valence-electron chi connectivity index (χ2n) is 4.89. The standard InChI is InChI=1S/C12H24N2O/c1-4-5-10(3)14-12(15)11-6-9(2)7-13-8-11/h9-11,13H,4-8H2,1-3H3,(H,14,15). The first-order valence-corrected chi connectivity index (χ1v) is 6.14. The van der Waals surface area contributed by atoms with Gasteiger partial charge in [0.15, 0.2) is 0 Å². The Hall–Kier alpha value is -0.570. The summed E-state index contributed by atoms with van der Waals surface area (Å²) in [7, 11) is 0. The minimum atomic E-state index is 0.174. The maximum absolute atomic E-state index is 11.9. The zero-order valence-corrected chi connectivity index (χ0v) is 10.2. The van der Waals surface area contributed by atoms with Gasteiger partial charge in [0.1, 0.15) is 0 Å². The minimum absolute atomic E-state index is 0.174. The molecule has 1 rings (SSSR count). The Kier molecular flexibility index (Phi) is 5.09. The van der Waals surface area contributed by atoms with E-state index >= 15 is 0 Å². The average molecular weight is 212 g/mol. The third-order valence-corrected chi connectivity index (χ3v) is 3.05. The molecule has 0 aromatic rings. The molecular formula is C12H24N2O. The largest absolute Gasteiger partial charge is 0.353 e. The lowest BCUT2D eigenvalue weighted by Crippen LogP contribution is -2.45. The third-order valence-electron chi connectivity index (χ3n) is 3.05. The van der Waals surface area contributed by atoms with Gasteiger partial charge in [-0.05, 0) is 32.2 Å². The zero-order chi connectivity index (χ0) is 11.3. The smallest absolute Gasteiger partial charge is 0.224 e. The summed E-state index contributed by atoms with van der Waals surface area (Å²) < 4.78 is 0. The number of rotatable bonds is 4. The molecule has 15 heavy (non-hydrogen) atoms. The summed E-state index contributed by atoms with van der Waals surface area (Å²) >= 11 is 0. The fourth-order valence-electron chi connectivity index (χ4n) is 2.22. The number of carbonyl (C=O) groups is 1. The molecule has 3 atom stereocenters. The first-order valence-electron chi connectivity index (χ1n) is 6.14. The highest BCUT2D eigenvalue weighted by Gasteiger charge is 2.25. The number of hydrogen-bond acceptors (Lipinski definition) is 2. The molecular weight excluding hydrogens is 188 g/mol. The van der Waals surface area contributed by atoms with Crippen molar-refractivity contribution in [3.05, 3.63) is 0 Å². The predicted molar refractivity (Wildman–Crippen MR) is 62.7 cm³/mol. The Morgan fingerprint density at radius 3 is 2.87 bits per heavy atom. The molecule has 3 unspecified atom stereocenters. The van der Waals surface area contributed by atoms with Crippen LogP contribution in [0.1, 0.15) is 40.0 Å². The van der Waals surface area contributed by atoms with E-state index in [1.807, 2.05) is 0 Å². The van der Waals surface area contributed by atoms with Crippen LogP contribution in [-0.2, 0) is 4.79 Å². The fourth-order valence-corrected chi connectivity index (χ4v) is 2.22. The Balaban J connectivity index is 2.32. The van der Waals surface area contributed by atoms with E-state index in [9.17, 15) is 4.79 Å². The molecule has 0 aromatic carbocycles. The third kappa shape index (κ3) is 4.20. The maximum Gasteiger partial charge on any atom is 0.224 e. The van der Waals surface area contributed by atoms with Gasteiger partial charge in [-0.15, -0.1) is 0 Å². The Labute approximate surface area is 93.0 Å². The number of nitrogens with one attached hydrogen (secondary N) is 2. The Bertz CT molecular complexity index is 206. The minimum Gasteiger partial charge on any atom is -0.353 e. The highest BCUT2D eigenvalue weighted by molar-refractivity contribution is 5.79. The molecule has 0 aromatic heterocycles. The molecule has 0 radical (unpaired) electrons. The maximum atomic E-state index is 11.9. The zero-order valence-electron chi connectivity index (χ0n) is 10.2. The fraction of sp³-hybridized carbons (Fsp3) is 0.917. The van der Waals surface area contributed by atoms with Gasteiger partial charge in [0.2, 0.25) is 5.91 Å². The van der Waals surface area contributed by atoms with E-state index in [0.29, 0.717) is 12.0 Å². The van der Waals surface area contributed by atoms with Crippen LogP contribution in [0, 0.1) is 11.8 Å². The van der Waals surface area contributed by atoms with Crippen molar-refractivity contribution in [2.45, 2.75) is 46.1 Å². The van der Waals surface area contributed by atoms with Gasteiger partial charge in [0.25, 0.3) is 0 Å². The number of hydrogen-bond donors (Lipinski definition) is 2. The summed E-state index contributed by atoms with van der Waals surface area (Å²) in [6, 6.07) is 0.319. The van der Waals surface area contributed by atoms with Crippen molar-refractivity contribution in [2.75, 3.05) is 13.1 Å². The molecule has 3 heteroatoms. The summed E-state index contributed by atoms with van der Waals surface area (Å²) in [5.41, 5.74) is 0. The van der Waals surface area contributed by atoms with Crippen LogP contribution in [-0.4, -0.2) is 25.0 Å². The first kappa shape index (κ1) is 12.5. The molecule has 0 bridgehead atoms. The van der Waals surface area contributed by atoms with Gasteiger partial charge in [0, 0.05) is 12.6 Å².